The van der Waals surface area contributed by atoms with Crippen LogP contribution in [0.5, 0.6) is 0 Å². The van der Waals surface area contributed by atoms with Crippen LogP contribution in [0.4, 0.5) is 13.2 Å². The number of carbonyl (C=O) groups is 1. The molecule has 0 aliphatic rings. The van der Waals surface area contributed by atoms with E-state index in [1.54, 1.807) is 48.7 Å². The molecular formula is C22H15F3N2O2. The summed E-state index contributed by atoms with van der Waals surface area (Å²) in [5.41, 5.74) is 3.09. The largest absolute Gasteiger partial charge is 0.451 e. The summed E-state index contributed by atoms with van der Waals surface area (Å²) in [4.78, 5) is 17.0. The molecule has 0 amide bonds. The Hall–Kier alpha value is -3.61. The van der Waals surface area contributed by atoms with E-state index in [4.69, 9.17) is 0 Å². The molecule has 0 bridgehead atoms. The first-order valence-corrected chi connectivity index (χ1v) is 8.79. The van der Waals surface area contributed by atoms with E-state index < -0.39 is 18.8 Å². The van der Waals surface area contributed by atoms with Gasteiger partial charge in [-0.15, -0.1) is 0 Å². The highest BCUT2D eigenvalue weighted by atomic mass is 19.4. The maximum absolute atomic E-state index is 12.5. The van der Waals surface area contributed by atoms with Crippen molar-refractivity contribution < 1.29 is 22.7 Å². The number of esters is 1. The number of fused-ring (bicyclic) bond motifs is 1. The molecule has 0 N–H and O–H groups in total. The number of alkyl halides is 3. The molecule has 0 radical (unpaired) electrons. The van der Waals surface area contributed by atoms with Gasteiger partial charge in [-0.2, -0.15) is 13.2 Å². The minimum absolute atomic E-state index is 0.0462. The predicted molar refractivity (Wildman–Crippen MR) is 102 cm³/mol. The monoisotopic (exact) mass is 396 g/mol. The topological polar surface area (TPSA) is 43.6 Å². The van der Waals surface area contributed by atoms with Gasteiger partial charge in [-0.05, 0) is 23.3 Å². The standard InChI is InChI=1S/C22H15F3N2O2/c23-22(24,25)14-29-21(28)20-19(16-9-5-2-6-10-16)26-18-13-17(11-12-27(18)20)15-7-3-1-4-8-15/h1-13H,14H2. The Morgan fingerprint density at radius 1 is 0.897 bits per heavy atom. The minimum Gasteiger partial charge on any atom is -0.451 e. The van der Waals surface area contributed by atoms with Crippen molar-refractivity contribution >= 4 is 11.6 Å². The number of nitrogens with zero attached hydrogens (tertiary/aromatic N) is 2. The zero-order chi connectivity index (χ0) is 20.4. The number of hydrogen-bond donors (Lipinski definition) is 0. The number of benzene rings is 2. The van der Waals surface area contributed by atoms with Crippen molar-refractivity contribution in [3.05, 3.63) is 84.7 Å². The Kier molecular flexibility index (Phi) is 4.80. The fourth-order valence-electron chi connectivity index (χ4n) is 3.06. The molecule has 0 aliphatic carbocycles. The normalized spacial score (nSPS) is 11.6. The molecule has 29 heavy (non-hydrogen) atoms. The molecule has 146 valence electrons. The quantitative estimate of drug-likeness (QED) is 0.435. The lowest BCUT2D eigenvalue weighted by Gasteiger charge is -2.09. The number of rotatable bonds is 4. The average molecular weight is 396 g/mol. The van der Waals surface area contributed by atoms with Crippen LogP contribution in [0.3, 0.4) is 0 Å². The fourth-order valence-corrected chi connectivity index (χ4v) is 3.06. The minimum atomic E-state index is -4.61. The molecule has 4 aromatic rings. The predicted octanol–water partition coefficient (Wildman–Crippen LogP) is 5.39. The van der Waals surface area contributed by atoms with Crippen LogP contribution in [0.15, 0.2) is 79.0 Å². The smallest absolute Gasteiger partial charge is 0.422 e. The lowest BCUT2D eigenvalue weighted by atomic mass is 10.1. The SMILES string of the molecule is O=C(OCC(F)(F)F)c1c(-c2ccccc2)nc2cc(-c3ccccc3)ccn12. The van der Waals surface area contributed by atoms with Crippen molar-refractivity contribution in [2.24, 2.45) is 0 Å². The lowest BCUT2D eigenvalue weighted by molar-refractivity contribution is -0.161. The molecule has 2 aromatic carbocycles. The molecule has 2 heterocycles. The van der Waals surface area contributed by atoms with Crippen molar-refractivity contribution in [3.63, 3.8) is 0 Å². The number of imidazole rings is 1. The van der Waals surface area contributed by atoms with E-state index in [9.17, 15) is 18.0 Å². The van der Waals surface area contributed by atoms with Crippen molar-refractivity contribution in [3.8, 4) is 22.4 Å². The Bertz CT molecular complexity index is 1150. The van der Waals surface area contributed by atoms with Gasteiger partial charge in [0.2, 0.25) is 0 Å². The number of aromatic nitrogens is 2. The third-order valence-electron chi connectivity index (χ3n) is 4.34. The maximum Gasteiger partial charge on any atom is 0.422 e. The summed E-state index contributed by atoms with van der Waals surface area (Å²) in [6, 6.07) is 21.9. The van der Waals surface area contributed by atoms with Crippen LogP contribution >= 0.6 is 0 Å². The summed E-state index contributed by atoms with van der Waals surface area (Å²) < 4.78 is 43.6. The van der Waals surface area contributed by atoms with Crippen molar-refractivity contribution in [2.45, 2.75) is 6.18 Å². The lowest BCUT2D eigenvalue weighted by Crippen LogP contribution is -2.21. The molecule has 7 heteroatoms. The van der Waals surface area contributed by atoms with Gasteiger partial charge in [0.1, 0.15) is 11.3 Å². The second-order valence-corrected chi connectivity index (χ2v) is 6.38. The molecule has 4 rings (SSSR count). The highest BCUT2D eigenvalue weighted by Gasteiger charge is 2.31. The van der Waals surface area contributed by atoms with Gasteiger partial charge in [0.15, 0.2) is 12.3 Å². The van der Waals surface area contributed by atoms with Gasteiger partial charge in [0.25, 0.3) is 0 Å². The van der Waals surface area contributed by atoms with E-state index >= 15 is 0 Å². The van der Waals surface area contributed by atoms with Crippen LogP contribution < -0.4 is 0 Å². The number of halogens is 3. The second-order valence-electron chi connectivity index (χ2n) is 6.38. The molecule has 0 atom stereocenters. The highest BCUT2D eigenvalue weighted by molar-refractivity contribution is 5.96. The molecule has 0 saturated heterocycles. The van der Waals surface area contributed by atoms with E-state index in [2.05, 4.69) is 9.72 Å². The van der Waals surface area contributed by atoms with Gasteiger partial charge < -0.3 is 4.74 Å². The Morgan fingerprint density at radius 3 is 2.14 bits per heavy atom. The van der Waals surface area contributed by atoms with Crippen molar-refractivity contribution in [2.75, 3.05) is 6.61 Å². The molecule has 0 saturated carbocycles. The number of hydrogen-bond acceptors (Lipinski definition) is 3. The van der Waals surface area contributed by atoms with Gasteiger partial charge in [-0.1, -0.05) is 60.7 Å². The average Bonchev–Trinajstić information content (AvgIpc) is 3.11. The van der Waals surface area contributed by atoms with E-state index in [0.29, 0.717) is 11.2 Å². The Morgan fingerprint density at radius 2 is 1.52 bits per heavy atom. The first-order valence-electron chi connectivity index (χ1n) is 8.79. The van der Waals surface area contributed by atoms with Crippen LogP contribution in [0, 0.1) is 0 Å². The van der Waals surface area contributed by atoms with Crippen molar-refractivity contribution in [1.29, 1.82) is 0 Å². The molecule has 0 unspecified atom stereocenters. The molecule has 0 aliphatic heterocycles. The summed E-state index contributed by atoms with van der Waals surface area (Å²) in [6.07, 6.45) is -3.00. The third-order valence-corrected chi connectivity index (χ3v) is 4.34. The van der Waals surface area contributed by atoms with Gasteiger partial charge in [0, 0.05) is 11.8 Å². The molecular weight excluding hydrogens is 381 g/mol. The third kappa shape index (κ3) is 3.99. The van der Waals surface area contributed by atoms with Crippen LogP contribution in [0.2, 0.25) is 0 Å². The molecule has 4 nitrogen and oxygen atoms in total. The molecule has 0 fully saturated rings. The first kappa shape index (κ1) is 18.7. The van der Waals surface area contributed by atoms with E-state index in [1.807, 2.05) is 30.3 Å². The summed E-state index contributed by atoms with van der Waals surface area (Å²) in [5, 5.41) is 0. The zero-order valence-electron chi connectivity index (χ0n) is 15.1. The summed E-state index contributed by atoms with van der Waals surface area (Å²) in [5.74, 6) is -1.08. The fraction of sp³-hybridized carbons (Fsp3) is 0.0909. The van der Waals surface area contributed by atoms with Crippen LogP contribution in [-0.2, 0) is 4.74 Å². The van der Waals surface area contributed by atoms with E-state index in [0.717, 1.165) is 11.1 Å². The van der Waals surface area contributed by atoms with Crippen LogP contribution in [0.1, 0.15) is 10.5 Å². The Balaban J connectivity index is 1.84. The number of pyridine rings is 1. The zero-order valence-corrected chi connectivity index (χ0v) is 15.1. The van der Waals surface area contributed by atoms with E-state index in [-0.39, 0.29) is 11.4 Å². The molecule has 2 aromatic heterocycles. The highest BCUT2D eigenvalue weighted by Crippen LogP contribution is 2.28. The maximum atomic E-state index is 12.5. The number of ether oxygens (including phenoxy) is 1. The summed E-state index contributed by atoms with van der Waals surface area (Å²) in [6.45, 7) is -1.66. The van der Waals surface area contributed by atoms with Gasteiger partial charge in [0.05, 0.1) is 0 Å². The van der Waals surface area contributed by atoms with Crippen molar-refractivity contribution in [1.82, 2.24) is 9.38 Å². The number of carbonyl (C=O) groups excluding carboxylic acids is 1. The van der Waals surface area contributed by atoms with Crippen LogP contribution in [-0.4, -0.2) is 28.1 Å². The van der Waals surface area contributed by atoms with Gasteiger partial charge in [-0.25, -0.2) is 9.78 Å². The van der Waals surface area contributed by atoms with Gasteiger partial charge in [-0.3, -0.25) is 4.40 Å². The van der Waals surface area contributed by atoms with E-state index in [1.165, 1.54) is 4.40 Å². The Labute approximate surface area is 164 Å². The van der Waals surface area contributed by atoms with Crippen LogP contribution in [0.25, 0.3) is 28.0 Å². The first-order chi connectivity index (χ1) is 13.9. The van der Waals surface area contributed by atoms with Gasteiger partial charge >= 0.3 is 12.1 Å². The summed E-state index contributed by atoms with van der Waals surface area (Å²) >= 11 is 0. The molecule has 0 spiro atoms. The second kappa shape index (κ2) is 7.43. The summed E-state index contributed by atoms with van der Waals surface area (Å²) in [7, 11) is 0.